The summed E-state index contributed by atoms with van der Waals surface area (Å²) in [4.78, 5) is 22.5. The molecule has 1 aromatic carbocycles. The van der Waals surface area contributed by atoms with Crippen LogP contribution in [0.5, 0.6) is 0 Å². The van der Waals surface area contributed by atoms with Gasteiger partial charge in [0.2, 0.25) is 5.91 Å². The van der Waals surface area contributed by atoms with Gasteiger partial charge >= 0.3 is 0 Å². The fourth-order valence-corrected chi connectivity index (χ4v) is 3.15. The van der Waals surface area contributed by atoms with Crippen molar-refractivity contribution in [1.29, 1.82) is 0 Å². The van der Waals surface area contributed by atoms with Crippen LogP contribution in [0.3, 0.4) is 0 Å². The Morgan fingerprint density at radius 3 is 2.83 bits per heavy atom. The van der Waals surface area contributed by atoms with E-state index in [0.717, 1.165) is 21.6 Å². The number of aryl methyl sites for hydroxylation is 1. The lowest BCUT2D eigenvalue weighted by atomic mass is 10.2. The summed E-state index contributed by atoms with van der Waals surface area (Å²) in [6, 6.07) is 8.12. The van der Waals surface area contributed by atoms with E-state index in [4.69, 9.17) is 0 Å². The maximum Gasteiger partial charge on any atom is 0.222 e. The van der Waals surface area contributed by atoms with Crippen LogP contribution in [0.25, 0.3) is 10.2 Å². The summed E-state index contributed by atoms with van der Waals surface area (Å²) in [6.45, 7) is 2.90. The van der Waals surface area contributed by atoms with E-state index in [1.165, 1.54) is 23.3 Å². The molecule has 2 aromatic heterocycles. The van der Waals surface area contributed by atoms with Crippen molar-refractivity contribution in [2.24, 2.45) is 0 Å². The Hall–Kier alpha value is -2.54. The zero-order chi connectivity index (χ0) is 16.9. The molecule has 0 spiro atoms. The summed E-state index contributed by atoms with van der Waals surface area (Å²) in [7, 11) is 0. The van der Waals surface area contributed by atoms with Crippen LogP contribution < -0.4 is 10.6 Å². The molecular weight excluding hydrogens is 327 g/mol. The Kier molecular flexibility index (Phi) is 5.00. The van der Waals surface area contributed by atoms with Crippen molar-refractivity contribution in [3.63, 3.8) is 0 Å². The molecule has 0 atom stereocenters. The third-order valence-electron chi connectivity index (χ3n) is 3.50. The number of aromatic nitrogens is 2. The van der Waals surface area contributed by atoms with Crippen molar-refractivity contribution < 1.29 is 9.18 Å². The van der Waals surface area contributed by atoms with Gasteiger partial charge in [0, 0.05) is 24.4 Å². The van der Waals surface area contributed by atoms with E-state index in [2.05, 4.69) is 20.6 Å². The van der Waals surface area contributed by atoms with E-state index >= 15 is 0 Å². The second kappa shape index (κ2) is 7.35. The second-order valence-corrected chi connectivity index (χ2v) is 6.61. The van der Waals surface area contributed by atoms with Crippen LogP contribution in [-0.2, 0) is 11.3 Å². The topological polar surface area (TPSA) is 66.9 Å². The average molecular weight is 344 g/mol. The highest BCUT2D eigenvalue weighted by Crippen LogP contribution is 2.27. The Morgan fingerprint density at radius 2 is 2.04 bits per heavy atom. The molecule has 0 aliphatic carbocycles. The minimum Gasteiger partial charge on any atom is -0.369 e. The minimum absolute atomic E-state index is 0.0707. The molecule has 0 unspecified atom stereocenters. The van der Waals surface area contributed by atoms with Gasteiger partial charge < -0.3 is 10.6 Å². The van der Waals surface area contributed by atoms with Gasteiger partial charge in [-0.2, -0.15) is 0 Å². The van der Waals surface area contributed by atoms with Crippen molar-refractivity contribution in [2.45, 2.75) is 19.9 Å². The smallest absolute Gasteiger partial charge is 0.222 e. The summed E-state index contributed by atoms with van der Waals surface area (Å²) in [5.41, 5.74) is 0.865. The third kappa shape index (κ3) is 4.05. The molecule has 2 N–H and O–H groups in total. The van der Waals surface area contributed by atoms with Crippen LogP contribution in [0.4, 0.5) is 10.2 Å². The first kappa shape index (κ1) is 16.3. The van der Waals surface area contributed by atoms with Gasteiger partial charge in [0.15, 0.2) is 0 Å². The molecule has 0 fully saturated rings. The summed E-state index contributed by atoms with van der Waals surface area (Å²) < 4.78 is 12.8. The van der Waals surface area contributed by atoms with E-state index in [0.29, 0.717) is 19.5 Å². The summed E-state index contributed by atoms with van der Waals surface area (Å²) >= 11 is 1.62. The summed E-state index contributed by atoms with van der Waals surface area (Å²) in [6.07, 6.45) is 1.85. The molecule has 5 nitrogen and oxygen atoms in total. The molecule has 0 saturated heterocycles. The lowest BCUT2D eigenvalue weighted by Crippen LogP contribution is -2.25. The average Bonchev–Trinajstić information content (AvgIpc) is 2.95. The highest BCUT2D eigenvalue weighted by atomic mass is 32.1. The molecule has 3 aromatic rings. The van der Waals surface area contributed by atoms with Gasteiger partial charge in [0.05, 0.1) is 5.39 Å². The predicted molar refractivity (Wildman–Crippen MR) is 93.5 cm³/mol. The minimum atomic E-state index is -0.283. The number of anilines is 1. The van der Waals surface area contributed by atoms with Gasteiger partial charge in [-0.25, -0.2) is 14.4 Å². The number of hydrogen-bond acceptors (Lipinski definition) is 5. The normalized spacial score (nSPS) is 10.8. The molecule has 124 valence electrons. The molecule has 3 rings (SSSR count). The zero-order valence-corrected chi connectivity index (χ0v) is 14.0. The molecule has 24 heavy (non-hydrogen) atoms. The van der Waals surface area contributed by atoms with Gasteiger partial charge in [-0.15, -0.1) is 11.3 Å². The maximum absolute atomic E-state index is 12.8. The number of halogens is 1. The van der Waals surface area contributed by atoms with Crippen molar-refractivity contribution >= 4 is 33.3 Å². The fraction of sp³-hybridized carbons (Fsp3) is 0.235. The van der Waals surface area contributed by atoms with Crippen LogP contribution in [-0.4, -0.2) is 22.4 Å². The van der Waals surface area contributed by atoms with Crippen LogP contribution in [0.15, 0.2) is 36.7 Å². The molecule has 0 aliphatic heterocycles. The van der Waals surface area contributed by atoms with Gasteiger partial charge in [-0.1, -0.05) is 12.1 Å². The number of nitrogens with zero attached hydrogens (tertiary/aromatic N) is 2. The van der Waals surface area contributed by atoms with E-state index < -0.39 is 0 Å². The lowest BCUT2D eigenvalue weighted by Gasteiger charge is -2.07. The number of benzene rings is 1. The number of nitrogens with one attached hydrogen (secondary N) is 2. The number of rotatable bonds is 6. The van der Waals surface area contributed by atoms with Crippen molar-refractivity contribution in [3.8, 4) is 0 Å². The third-order valence-corrected chi connectivity index (χ3v) is 4.46. The maximum atomic E-state index is 12.8. The Labute approximate surface area is 143 Å². The van der Waals surface area contributed by atoms with Crippen molar-refractivity contribution in [3.05, 3.63) is 52.9 Å². The van der Waals surface area contributed by atoms with Gasteiger partial charge in [-0.05, 0) is 30.7 Å². The lowest BCUT2D eigenvalue weighted by molar-refractivity contribution is -0.121. The van der Waals surface area contributed by atoms with Crippen molar-refractivity contribution in [1.82, 2.24) is 15.3 Å². The standard InChI is InChI=1S/C17H17FN4OS/c1-11-8-14-16(21-10-22-17(14)24-11)19-7-6-15(23)20-9-12-2-4-13(18)5-3-12/h2-5,8,10H,6-7,9H2,1H3,(H,20,23)(H,19,21,22). The van der Waals surface area contributed by atoms with E-state index in [1.807, 2.05) is 13.0 Å². The SMILES string of the molecule is Cc1cc2c(NCCC(=O)NCc3ccc(F)cc3)ncnc2s1. The van der Waals surface area contributed by atoms with E-state index in [1.54, 1.807) is 23.5 Å². The number of fused-ring (bicyclic) bond motifs is 1. The molecule has 1 amide bonds. The first-order valence-electron chi connectivity index (χ1n) is 7.58. The number of thiophene rings is 1. The molecular formula is C17H17FN4OS. The van der Waals surface area contributed by atoms with Gasteiger partial charge in [0.1, 0.15) is 22.8 Å². The number of carbonyl (C=O) groups excluding carboxylic acids is 1. The van der Waals surface area contributed by atoms with E-state index in [-0.39, 0.29) is 11.7 Å². The first-order valence-corrected chi connectivity index (χ1v) is 8.39. The number of carbonyl (C=O) groups is 1. The summed E-state index contributed by atoms with van der Waals surface area (Å²) in [5, 5.41) is 6.97. The Bertz CT molecular complexity index is 847. The Balaban J connectivity index is 1.48. The van der Waals surface area contributed by atoms with E-state index in [9.17, 15) is 9.18 Å². The molecule has 0 aliphatic rings. The highest BCUT2D eigenvalue weighted by Gasteiger charge is 2.07. The monoisotopic (exact) mass is 344 g/mol. The zero-order valence-electron chi connectivity index (χ0n) is 13.2. The predicted octanol–water partition coefficient (Wildman–Crippen LogP) is 3.26. The quantitative estimate of drug-likeness (QED) is 0.720. The van der Waals surface area contributed by atoms with Crippen LogP contribution in [0, 0.1) is 12.7 Å². The Morgan fingerprint density at radius 1 is 1.25 bits per heavy atom. The van der Waals surface area contributed by atoms with Crippen molar-refractivity contribution in [2.75, 3.05) is 11.9 Å². The largest absolute Gasteiger partial charge is 0.369 e. The summed E-state index contributed by atoms with van der Waals surface area (Å²) in [5.74, 6) is 0.392. The molecule has 7 heteroatoms. The van der Waals surface area contributed by atoms with Gasteiger partial charge in [0.25, 0.3) is 0 Å². The molecule has 0 saturated carbocycles. The van der Waals surface area contributed by atoms with Gasteiger partial charge in [-0.3, -0.25) is 4.79 Å². The first-order chi connectivity index (χ1) is 11.6. The second-order valence-electron chi connectivity index (χ2n) is 5.38. The van der Waals surface area contributed by atoms with Crippen LogP contribution in [0.1, 0.15) is 16.9 Å². The molecule has 0 bridgehead atoms. The highest BCUT2D eigenvalue weighted by molar-refractivity contribution is 7.18. The fourth-order valence-electron chi connectivity index (χ4n) is 2.30. The van der Waals surface area contributed by atoms with Crippen LogP contribution >= 0.6 is 11.3 Å². The number of hydrogen-bond donors (Lipinski definition) is 2. The molecule has 2 heterocycles. The molecule has 0 radical (unpaired) electrons. The number of amides is 1. The van der Waals surface area contributed by atoms with Crippen LogP contribution in [0.2, 0.25) is 0 Å².